The van der Waals surface area contributed by atoms with Gasteiger partial charge in [0.2, 0.25) is 5.78 Å². The average molecular weight is 405 g/mol. The van der Waals surface area contributed by atoms with Crippen molar-refractivity contribution in [3.8, 4) is 5.75 Å². The fraction of sp³-hybridized carbons (Fsp3) is 0.280. The Morgan fingerprint density at radius 1 is 0.967 bits per heavy atom. The van der Waals surface area contributed by atoms with Crippen LogP contribution in [0, 0.1) is 13.8 Å². The Morgan fingerprint density at radius 3 is 2.23 bits per heavy atom. The van der Waals surface area contributed by atoms with Crippen molar-refractivity contribution in [3.63, 3.8) is 0 Å². The number of Topliss-reactive ketones (excluding diaryl/α,β-unsaturated/α-hetero) is 1. The zero-order valence-corrected chi connectivity index (χ0v) is 17.6. The van der Waals surface area contributed by atoms with Crippen molar-refractivity contribution in [3.05, 3.63) is 89.2 Å². The van der Waals surface area contributed by atoms with Crippen molar-refractivity contribution in [2.75, 3.05) is 6.61 Å². The largest absolute Gasteiger partial charge is 0.479 e. The van der Waals surface area contributed by atoms with Gasteiger partial charge >= 0.3 is 5.97 Å². The third-order valence-corrected chi connectivity index (χ3v) is 5.06. The van der Waals surface area contributed by atoms with E-state index in [1.807, 2.05) is 63.2 Å². The van der Waals surface area contributed by atoms with E-state index in [1.54, 1.807) is 12.1 Å². The Morgan fingerprint density at radius 2 is 1.60 bits per heavy atom. The van der Waals surface area contributed by atoms with E-state index in [-0.39, 0.29) is 12.4 Å². The number of ether oxygens (including phenoxy) is 2. The first-order valence-electron chi connectivity index (χ1n) is 10.1. The summed E-state index contributed by atoms with van der Waals surface area (Å²) in [5.41, 5.74) is 3.59. The van der Waals surface area contributed by atoms with Crippen LogP contribution in [-0.2, 0) is 16.1 Å². The topological polar surface area (TPSA) is 57.5 Å². The molecular formula is C25H27NO4. The monoisotopic (exact) mass is 405 g/mol. The molecule has 156 valence electrons. The van der Waals surface area contributed by atoms with Crippen LogP contribution in [0.5, 0.6) is 5.75 Å². The van der Waals surface area contributed by atoms with Gasteiger partial charge < -0.3 is 14.0 Å². The number of para-hydroxylation sites is 1. The molecule has 0 aliphatic heterocycles. The van der Waals surface area contributed by atoms with Crippen LogP contribution < -0.4 is 4.74 Å². The fourth-order valence-electron chi connectivity index (χ4n) is 3.36. The lowest BCUT2D eigenvalue weighted by Gasteiger charge is -2.16. The highest BCUT2D eigenvalue weighted by atomic mass is 16.6. The van der Waals surface area contributed by atoms with Crippen molar-refractivity contribution in [1.29, 1.82) is 0 Å². The second-order valence-corrected chi connectivity index (χ2v) is 7.22. The lowest BCUT2D eigenvalue weighted by molar-refractivity contribution is -0.150. The van der Waals surface area contributed by atoms with Gasteiger partial charge in [0.15, 0.2) is 12.7 Å². The summed E-state index contributed by atoms with van der Waals surface area (Å²) in [6, 6.07) is 21.0. The number of nitrogens with zero attached hydrogens (tertiary/aromatic N) is 1. The lowest BCUT2D eigenvalue weighted by Crippen LogP contribution is -2.30. The summed E-state index contributed by atoms with van der Waals surface area (Å²) in [5, 5.41) is 0. The molecule has 1 heterocycles. The third-order valence-electron chi connectivity index (χ3n) is 5.06. The number of hydrogen-bond acceptors (Lipinski definition) is 4. The number of aromatic nitrogens is 1. The van der Waals surface area contributed by atoms with Crippen molar-refractivity contribution in [2.24, 2.45) is 0 Å². The molecule has 3 aromatic rings. The summed E-state index contributed by atoms with van der Waals surface area (Å²) in [7, 11) is 0. The van der Waals surface area contributed by atoms with Gasteiger partial charge in [-0.3, -0.25) is 4.79 Å². The number of benzene rings is 2. The highest BCUT2D eigenvalue weighted by Crippen LogP contribution is 2.18. The Kier molecular flexibility index (Phi) is 7.07. The number of carbonyl (C=O) groups excluding carboxylic acids is 2. The molecule has 1 atom stereocenters. The van der Waals surface area contributed by atoms with Gasteiger partial charge in [-0.25, -0.2) is 4.79 Å². The standard InChI is InChI=1S/C25H27NO4/c1-4-24(30-21-13-9-6-10-14-21)25(28)29-17-23(27)22-15-18(2)26(19(22)3)16-20-11-7-5-8-12-20/h5-15,24H,4,16-17H2,1-3H3/t24-/m1/s1. The first-order valence-corrected chi connectivity index (χ1v) is 10.1. The molecule has 3 rings (SSSR count). The molecule has 0 aliphatic carbocycles. The van der Waals surface area contributed by atoms with E-state index in [2.05, 4.69) is 16.7 Å². The lowest BCUT2D eigenvalue weighted by atomic mass is 10.1. The molecule has 0 amide bonds. The second-order valence-electron chi connectivity index (χ2n) is 7.22. The van der Waals surface area contributed by atoms with E-state index in [4.69, 9.17) is 9.47 Å². The summed E-state index contributed by atoms with van der Waals surface area (Å²) in [6.45, 7) is 6.11. The maximum absolute atomic E-state index is 12.7. The van der Waals surface area contributed by atoms with Crippen LogP contribution in [-0.4, -0.2) is 29.0 Å². The zero-order chi connectivity index (χ0) is 21.5. The van der Waals surface area contributed by atoms with Crippen molar-refractivity contribution in [1.82, 2.24) is 4.57 Å². The van der Waals surface area contributed by atoms with Gasteiger partial charge in [-0.05, 0) is 44.0 Å². The SMILES string of the molecule is CC[C@@H](Oc1ccccc1)C(=O)OCC(=O)c1cc(C)n(Cc2ccccc2)c1C. The fourth-order valence-corrected chi connectivity index (χ4v) is 3.36. The minimum atomic E-state index is -0.745. The third kappa shape index (κ3) is 5.17. The van der Waals surface area contributed by atoms with Crippen LogP contribution in [0.2, 0.25) is 0 Å². The smallest absolute Gasteiger partial charge is 0.347 e. The predicted octanol–water partition coefficient (Wildman–Crippen LogP) is 4.74. The van der Waals surface area contributed by atoms with Gasteiger partial charge in [-0.1, -0.05) is 55.5 Å². The Bertz CT molecular complexity index is 993. The van der Waals surface area contributed by atoms with Gasteiger partial charge in [-0.15, -0.1) is 0 Å². The summed E-state index contributed by atoms with van der Waals surface area (Å²) in [6.07, 6.45) is -0.293. The Hall–Kier alpha value is -3.34. The number of esters is 1. The molecule has 0 N–H and O–H groups in total. The molecule has 2 aromatic carbocycles. The van der Waals surface area contributed by atoms with E-state index in [0.29, 0.717) is 24.3 Å². The molecule has 0 fully saturated rings. The Balaban J connectivity index is 1.63. The van der Waals surface area contributed by atoms with Crippen LogP contribution in [0.1, 0.15) is 40.7 Å². The average Bonchev–Trinajstić information content (AvgIpc) is 3.05. The van der Waals surface area contributed by atoms with E-state index < -0.39 is 12.1 Å². The number of ketones is 1. The maximum Gasteiger partial charge on any atom is 0.347 e. The molecule has 0 saturated carbocycles. The normalized spacial score (nSPS) is 11.7. The van der Waals surface area contributed by atoms with E-state index in [1.165, 1.54) is 0 Å². The van der Waals surface area contributed by atoms with Crippen LogP contribution in [0.4, 0.5) is 0 Å². The molecule has 0 spiro atoms. The zero-order valence-electron chi connectivity index (χ0n) is 17.6. The van der Waals surface area contributed by atoms with Crippen LogP contribution in [0.3, 0.4) is 0 Å². The highest BCUT2D eigenvalue weighted by molar-refractivity contribution is 5.99. The molecule has 1 aromatic heterocycles. The highest BCUT2D eigenvalue weighted by Gasteiger charge is 2.23. The molecule has 0 unspecified atom stereocenters. The van der Waals surface area contributed by atoms with Crippen molar-refractivity contribution >= 4 is 11.8 Å². The first-order chi connectivity index (χ1) is 14.5. The van der Waals surface area contributed by atoms with Crippen molar-refractivity contribution < 1.29 is 19.1 Å². The molecule has 0 saturated heterocycles. The van der Waals surface area contributed by atoms with Gasteiger partial charge in [0.1, 0.15) is 5.75 Å². The van der Waals surface area contributed by atoms with Crippen molar-refractivity contribution in [2.45, 2.75) is 39.8 Å². The molecule has 30 heavy (non-hydrogen) atoms. The maximum atomic E-state index is 12.7. The van der Waals surface area contributed by atoms with Crippen LogP contribution >= 0.6 is 0 Å². The van der Waals surface area contributed by atoms with Gasteiger partial charge in [0, 0.05) is 23.5 Å². The molecule has 0 radical (unpaired) electrons. The second kappa shape index (κ2) is 9.92. The summed E-state index contributed by atoms with van der Waals surface area (Å²) in [5.74, 6) is -0.157. The predicted molar refractivity (Wildman–Crippen MR) is 116 cm³/mol. The molecule has 5 nitrogen and oxygen atoms in total. The number of carbonyl (C=O) groups is 2. The minimum absolute atomic E-state index is 0.217. The van der Waals surface area contributed by atoms with Gasteiger partial charge in [-0.2, -0.15) is 0 Å². The van der Waals surface area contributed by atoms with Gasteiger partial charge in [0.05, 0.1) is 0 Å². The van der Waals surface area contributed by atoms with E-state index in [0.717, 1.165) is 17.0 Å². The van der Waals surface area contributed by atoms with Gasteiger partial charge in [0.25, 0.3) is 0 Å². The number of rotatable bonds is 9. The molecule has 5 heteroatoms. The quantitative estimate of drug-likeness (QED) is 0.381. The summed E-state index contributed by atoms with van der Waals surface area (Å²) < 4.78 is 13.1. The number of aryl methyl sites for hydroxylation is 1. The molecular weight excluding hydrogens is 378 g/mol. The summed E-state index contributed by atoms with van der Waals surface area (Å²) >= 11 is 0. The Labute approximate surface area is 177 Å². The minimum Gasteiger partial charge on any atom is -0.479 e. The van der Waals surface area contributed by atoms with E-state index >= 15 is 0 Å². The van der Waals surface area contributed by atoms with Crippen LogP contribution in [0.15, 0.2) is 66.7 Å². The van der Waals surface area contributed by atoms with E-state index in [9.17, 15) is 9.59 Å². The number of hydrogen-bond donors (Lipinski definition) is 0. The summed E-state index contributed by atoms with van der Waals surface area (Å²) in [4.78, 5) is 25.1. The molecule has 0 aliphatic rings. The molecule has 0 bridgehead atoms. The van der Waals surface area contributed by atoms with Crippen LogP contribution in [0.25, 0.3) is 0 Å². The first kappa shape index (κ1) is 21.4.